The number of anilines is 1. The van der Waals surface area contributed by atoms with E-state index in [1.54, 1.807) is 0 Å². The normalized spacial score (nSPS) is 11.9. The number of nitrogens with two attached hydrogens (primary N) is 1. The molecule has 19 heavy (non-hydrogen) atoms. The van der Waals surface area contributed by atoms with Gasteiger partial charge in [-0.1, -0.05) is 39.0 Å². The molecule has 3 nitrogen and oxygen atoms in total. The summed E-state index contributed by atoms with van der Waals surface area (Å²) in [6, 6.07) is 6.60. The molecule has 0 aliphatic heterocycles. The summed E-state index contributed by atoms with van der Waals surface area (Å²) in [6.07, 6.45) is 0. The Balaban J connectivity index is 2.59. The van der Waals surface area contributed by atoms with E-state index >= 15 is 0 Å². The van der Waals surface area contributed by atoms with Crippen LogP contribution in [0, 0.1) is 13.8 Å². The lowest BCUT2D eigenvalue weighted by Gasteiger charge is -2.20. The van der Waals surface area contributed by atoms with E-state index in [0.717, 1.165) is 11.3 Å². The minimum absolute atomic E-state index is 0.165. The molecule has 0 saturated heterocycles. The topological polar surface area (TPSA) is 43.8 Å². The van der Waals surface area contributed by atoms with Crippen LogP contribution in [0.15, 0.2) is 18.2 Å². The van der Waals surface area contributed by atoms with E-state index in [1.165, 1.54) is 16.7 Å². The minimum atomic E-state index is 0.165. The Labute approximate surface area is 115 Å². The number of rotatable bonds is 1. The largest absolute Gasteiger partial charge is 0.382 e. The molecule has 0 amide bonds. The van der Waals surface area contributed by atoms with Crippen LogP contribution >= 0.6 is 0 Å². The number of hydrogen-bond acceptors (Lipinski definition) is 2. The highest BCUT2D eigenvalue weighted by Gasteiger charge is 2.18. The van der Waals surface area contributed by atoms with Crippen LogP contribution in [0.4, 0.5) is 5.82 Å². The van der Waals surface area contributed by atoms with Crippen LogP contribution in [0.3, 0.4) is 0 Å². The molecule has 0 unspecified atom stereocenters. The zero-order valence-corrected chi connectivity index (χ0v) is 12.7. The van der Waals surface area contributed by atoms with E-state index in [-0.39, 0.29) is 5.41 Å². The van der Waals surface area contributed by atoms with Crippen LogP contribution in [0.2, 0.25) is 0 Å². The summed E-state index contributed by atoms with van der Waals surface area (Å²) in [7, 11) is 1.92. The smallest absolute Gasteiger partial charge is 0.153 e. The monoisotopic (exact) mass is 257 g/mol. The van der Waals surface area contributed by atoms with Crippen LogP contribution in [0.25, 0.3) is 11.1 Å². The lowest BCUT2D eigenvalue weighted by atomic mass is 9.84. The maximum Gasteiger partial charge on any atom is 0.153 e. The highest BCUT2D eigenvalue weighted by atomic mass is 15.3. The summed E-state index contributed by atoms with van der Waals surface area (Å²) in [5, 5.41) is 4.29. The Bertz CT molecular complexity index is 616. The molecule has 0 radical (unpaired) electrons. The first-order valence-corrected chi connectivity index (χ1v) is 6.62. The van der Waals surface area contributed by atoms with Crippen molar-refractivity contribution < 1.29 is 0 Å². The number of aryl methyl sites for hydroxylation is 2. The molecule has 0 fully saturated rings. The molecule has 0 saturated carbocycles. The van der Waals surface area contributed by atoms with Crippen molar-refractivity contribution >= 4 is 5.82 Å². The first-order valence-electron chi connectivity index (χ1n) is 6.62. The standard InChI is InChI=1S/C16H23N3/c1-10-9-12(16(3,4)5)7-8-13(10)14-11(2)19(6)18-15(14)17/h7-9H,1-6H3,(H2,17,18). The van der Waals surface area contributed by atoms with E-state index in [2.05, 4.69) is 57.9 Å². The lowest BCUT2D eigenvalue weighted by Crippen LogP contribution is -2.11. The molecular weight excluding hydrogens is 234 g/mol. The Kier molecular flexibility index (Phi) is 3.17. The Morgan fingerprint density at radius 2 is 1.79 bits per heavy atom. The maximum absolute atomic E-state index is 6.04. The molecule has 102 valence electrons. The molecule has 1 heterocycles. The molecule has 0 aliphatic rings. The molecule has 0 atom stereocenters. The molecule has 3 heteroatoms. The molecule has 0 aliphatic carbocycles. The van der Waals surface area contributed by atoms with E-state index in [4.69, 9.17) is 5.73 Å². The van der Waals surface area contributed by atoms with Crippen LogP contribution in [0.5, 0.6) is 0 Å². The summed E-state index contributed by atoms with van der Waals surface area (Å²) >= 11 is 0. The van der Waals surface area contributed by atoms with Crippen molar-refractivity contribution in [3.05, 3.63) is 35.0 Å². The van der Waals surface area contributed by atoms with E-state index in [1.807, 2.05) is 11.7 Å². The third-order valence-corrected chi connectivity index (χ3v) is 3.72. The van der Waals surface area contributed by atoms with Gasteiger partial charge in [-0.3, -0.25) is 4.68 Å². The quantitative estimate of drug-likeness (QED) is 0.848. The lowest BCUT2D eigenvalue weighted by molar-refractivity contribution is 0.590. The number of nitrogens with zero attached hydrogens (tertiary/aromatic N) is 2. The van der Waals surface area contributed by atoms with Gasteiger partial charge in [0.2, 0.25) is 0 Å². The van der Waals surface area contributed by atoms with Crippen molar-refractivity contribution in [2.45, 2.75) is 40.0 Å². The summed E-state index contributed by atoms with van der Waals surface area (Å²) in [5.74, 6) is 0.603. The average Bonchev–Trinajstić information content (AvgIpc) is 2.53. The highest BCUT2D eigenvalue weighted by molar-refractivity contribution is 5.78. The molecule has 0 spiro atoms. The third-order valence-electron chi connectivity index (χ3n) is 3.72. The van der Waals surface area contributed by atoms with Gasteiger partial charge in [-0.25, -0.2) is 0 Å². The second-order valence-electron chi connectivity index (χ2n) is 6.25. The predicted molar refractivity (Wildman–Crippen MR) is 81.2 cm³/mol. The van der Waals surface area contributed by atoms with Gasteiger partial charge in [0.05, 0.1) is 0 Å². The molecule has 1 aromatic heterocycles. The zero-order chi connectivity index (χ0) is 14.4. The fourth-order valence-corrected chi connectivity index (χ4v) is 2.38. The van der Waals surface area contributed by atoms with E-state index < -0.39 is 0 Å². The van der Waals surface area contributed by atoms with E-state index in [0.29, 0.717) is 5.82 Å². The first-order chi connectivity index (χ1) is 8.71. The van der Waals surface area contributed by atoms with Crippen molar-refractivity contribution in [2.24, 2.45) is 7.05 Å². The Morgan fingerprint density at radius 3 is 2.21 bits per heavy atom. The van der Waals surface area contributed by atoms with Gasteiger partial charge in [0, 0.05) is 18.3 Å². The fraction of sp³-hybridized carbons (Fsp3) is 0.438. The van der Waals surface area contributed by atoms with Crippen LogP contribution in [-0.4, -0.2) is 9.78 Å². The summed E-state index contributed by atoms with van der Waals surface area (Å²) in [5.41, 5.74) is 12.1. The van der Waals surface area contributed by atoms with Crippen molar-refractivity contribution in [3.63, 3.8) is 0 Å². The fourth-order valence-electron chi connectivity index (χ4n) is 2.38. The van der Waals surface area contributed by atoms with Gasteiger partial charge >= 0.3 is 0 Å². The molecule has 2 N–H and O–H groups in total. The number of hydrogen-bond donors (Lipinski definition) is 1. The number of aromatic nitrogens is 2. The van der Waals surface area contributed by atoms with Gasteiger partial charge < -0.3 is 5.73 Å². The zero-order valence-electron chi connectivity index (χ0n) is 12.7. The van der Waals surface area contributed by atoms with Crippen LogP contribution < -0.4 is 5.73 Å². The van der Waals surface area contributed by atoms with Gasteiger partial charge in [-0.15, -0.1) is 0 Å². The summed E-state index contributed by atoms with van der Waals surface area (Å²) in [4.78, 5) is 0. The second kappa shape index (κ2) is 4.41. The van der Waals surface area contributed by atoms with Crippen molar-refractivity contribution in [1.29, 1.82) is 0 Å². The molecule has 0 bridgehead atoms. The predicted octanol–water partition coefficient (Wildman–Crippen LogP) is 3.58. The van der Waals surface area contributed by atoms with Gasteiger partial charge in [-0.05, 0) is 36.0 Å². The van der Waals surface area contributed by atoms with Crippen molar-refractivity contribution in [2.75, 3.05) is 5.73 Å². The molecule has 1 aromatic carbocycles. The number of benzene rings is 1. The summed E-state index contributed by atoms with van der Waals surface area (Å²) in [6.45, 7) is 10.9. The molecular formula is C16H23N3. The second-order valence-corrected chi connectivity index (χ2v) is 6.25. The number of nitrogen functional groups attached to an aromatic ring is 1. The SMILES string of the molecule is Cc1cc(C(C)(C)C)ccc1-c1c(N)nn(C)c1C. The Morgan fingerprint density at radius 1 is 1.16 bits per heavy atom. The summed E-state index contributed by atoms with van der Waals surface area (Å²) < 4.78 is 1.84. The first kappa shape index (κ1) is 13.7. The third kappa shape index (κ3) is 2.37. The minimum Gasteiger partial charge on any atom is -0.382 e. The Hall–Kier alpha value is -1.77. The van der Waals surface area contributed by atoms with Gasteiger partial charge in [-0.2, -0.15) is 5.10 Å². The van der Waals surface area contributed by atoms with Gasteiger partial charge in [0.25, 0.3) is 0 Å². The van der Waals surface area contributed by atoms with Gasteiger partial charge in [0.1, 0.15) is 0 Å². The van der Waals surface area contributed by atoms with E-state index in [9.17, 15) is 0 Å². The van der Waals surface area contributed by atoms with Gasteiger partial charge in [0.15, 0.2) is 5.82 Å². The van der Waals surface area contributed by atoms with Crippen molar-refractivity contribution in [1.82, 2.24) is 9.78 Å². The maximum atomic E-state index is 6.04. The highest BCUT2D eigenvalue weighted by Crippen LogP contribution is 2.33. The average molecular weight is 257 g/mol. The molecule has 2 aromatic rings. The van der Waals surface area contributed by atoms with Crippen LogP contribution in [0.1, 0.15) is 37.6 Å². The molecule has 2 rings (SSSR count). The van der Waals surface area contributed by atoms with Crippen LogP contribution in [-0.2, 0) is 12.5 Å². The van der Waals surface area contributed by atoms with Crippen molar-refractivity contribution in [3.8, 4) is 11.1 Å².